The number of hydrogen-bond acceptors (Lipinski definition) is 6. The first-order valence-electron chi connectivity index (χ1n) is 12.6. The lowest BCUT2D eigenvalue weighted by Crippen LogP contribution is -2.53. The van der Waals surface area contributed by atoms with Gasteiger partial charge in [0.15, 0.2) is 11.5 Å². The summed E-state index contributed by atoms with van der Waals surface area (Å²) in [4.78, 5) is 28.5. The zero-order valence-corrected chi connectivity index (χ0v) is 22.4. The highest BCUT2D eigenvalue weighted by molar-refractivity contribution is 7.92. The molecular formula is C27H35N3O6S. The van der Waals surface area contributed by atoms with Gasteiger partial charge in [-0.25, -0.2) is 8.42 Å². The molecular weight excluding hydrogens is 494 g/mol. The van der Waals surface area contributed by atoms with Crippen LogP contribution in [0.25, 0.3) is 0 Å². The number of ether oxygens (including phenoxy) is 2. The largest absolute Gasteiger partial charge is 0.454 e. The molecule has 200 valence electrons. The van der Waals surface area contributed by atoms with Gasteiger partial charge < -0.3 is 19.7 Å². The molecule has 1 atom stereocenters. The SMILES string of the molecule is Cc1ccccc1CN(C(=O)CN(c1ccc2c(c1)OCO2)S(C)(=O)=O)[C@H](C)C(=O)NC1CCCCC1. The molecule has 0 radical (unpaired) electrons. The summed E-state index contributed by atoms with van der Waals surface area (Å²) in [6.07, 6.45) is 6.22. The number of carbonyl (C=O) groups is 2. The molecule has 1 heterocycles. The molecule has 1 N–H and O–H groups in total. The second-order valence-electron chi connectivity index (χ2n) is 9.77. The van der Waals surface area contributed by atoms with Gasteiger partial charge in [0.2, 0.25) is 28.6 Å². The van der Waals surface area contributed by atoms with Gasteiger partial charge in [-0.05, 0) is 49.9 Å². The van der Waals surface area contributed by atoms with Gasteiger partial charge in [0.05, 0.1) is 11.9 Å². The first-order valence-corrected chi connectivity index (χ1v) is 14.5. The lowest BCUT2D eigenvalue weighted by atomic mass is 9.95. The number of fused-ring (bicyclic) bond motifs is 1. The quantitative estimate of drug-likeness (QED) is 0.534. The maximum atomic E-state index is 13.7. The number of carbonyl (C=O) groups excluding carboxylic acids is 2. The average molecular weight is 530 g/mol. The summed E-state index contributed by atoms with van der Waals surface area (Å²) in [6.45, 7) is 3.42. The second kappa shape index (κ2) is 11.4. The van der Waals surface area contributed by atoms with Crippen LogP contribution in [0.1, 0.15) is 50.2 Å². The second-order valence-corrected chi connectivity index (χ2v) is 11.7. The number of nitrogens with one attached hydrogen (secondary N) is 1. The molecule has 10 heteroatoms. The van der Waals surface area contributed by atoms with Crippen LogP contribution in [0.15, 0.2) is 42.5 Å². The van der Waals surface area contributed by atoms with Gasteiger partial charge >= 0.3 is 0 Å². The van der Waals surface area contributed by atoms with E-state index in [2.05, 4.69) is 5.32 Å². The van der Waals surface area contributed by atoms with Gasteiger partial charge in [-0.1, -0.05) is 43.5 Å². The number of anilines is 1. The topological polar surface area (TPSA) is 105 Å². The van der Waals surface area contributed by atoms with Crippen LogP contribution in [0.4, 0.5) is 5.69 Å². The molecule has 0 aromatic heterocycles. The van der Waals surface area contributed by atoms with Gasteiger partial charge in [0.25, 0.3) is 0 Å². The maximum Gasteiger partial charge on any atom is 0.244 e. The van der Waals surface area contributed by atoms with E-state index < -0.39 is 28.5 Å². The van der Waals surface area contributed by atoms with Crippen molar-refractivity contribution >= 4 is 27.5 Å². The van der Waals surface area contributed by atoms with E-state index >= 15 is 0 Å². The fourth-order valence-electron chi connectivity index (χ4n) is 4.78. The third kappa shape index (κ3) is 6.54. The number of amides is 2. The summed E-state index contributed by atoms with van der Waals surface area (Å²) in [5.74, 6) is 0.216. The molecule has 0 spiro atoms. The normalized spacial score (nSPS) is 16.2. The standard InChI is InChI=1S/C27H35N3O6S/c1-19-9-7-8-10-21(19)16-29(20(2)27(32)28-22-11-5-4-6-12-22)26(31)17-30(37(3,33)34)23-13-14-24-25(15-23)36-18-35-24/h7-10,13-15,20,22H,4-6,11-12,16-18H2,1-3H3,(H,28,32)/t20-/m1/s1. The van der Waals surface area contributed by atoms with Crippen molar-refractivity contribution in [2.75, 3.05) is 23.9 Å². The Morgan fingerprint density at radius 2 is 1.76 bits per heavy atom. The van der Waals surface area contributed by atoms with Crippen LogP contribution in [-0.2, 0) is 26.2 Å². The molecule has 4 rings (SSSR count). The molecule has 1 fully saturated rings. The molecule has 0 unspecified atom stereocenters. The van der Waals surface area contributed by atoms with Crippen LogP contribution in [0, 0.1) is 6.92 Å². The minimum atomic E-state index is -3.82. The molecule has 0 saturated heterocycles. The zero-order valence-electron chi connectivity index (χ0n) is 21.6. The van der Waals surface area contributed by atoms with E-state index in [0.29, 0.717) is 11.5 Å². The number of benzene rings is 2. The van der Waals surface area contributed by atoms with E-state index in [1.807, 2.05) is 31.2 Å². The minimum Gasteiger partial charge on any atom is -0.454 e. The molecule has 2 aromatic rings. The van der Waals surface area contributed by atoms with Crippen LogP contribution < -0.4 is 19.1 Å². The minimum absolute atomic E-state index is 0.0500. The van der Waals surface area contributed by atoms with Gasteiger partial charge in [-0.15, -0.1) is 0 Å². The Hall–Kier alpha value is -3.27. The van der Waals surface area contributed by atoms with Crippen LogP contribution in [0.5, 0.6) is 11.5 Å². The highest BCUT2D eigenvalue weighted by Gasteiger charge is 2.32. The Kier molecular flexibility index (Phi) is 8.26. The Morgan fingerprint density at radius 1 is 1.05 bits per heavy atom. The lowest BCUT2D eigenvalue weighted by Gasteiger charge is -2.33. The van der Waals surface area contributed by atoms with Crippen molar-refractivity contribution in [3.63, 3.8) is 0 Å². The van der Waals surface area contributed by atoms with Crippen molar-refractivity contribution in [1.29, 1.82) is 0 Å². The third-order valence-electron chi connectivity index (χ3n) is 7.04. The van der Waals surface area contributed by atoms with Crippen molar-refractivity contribution in [2.45, 2.75) is 64.6 Å². The maximum absolute atomic E-state index is 13.7. The third-order valence-corrected chi connectivity index (χ3v) is 8.18. The van der Waals surface area contributed by atoms with Crippen LogP contribution in [0.2, 0.25) is 0 Å². The van der Waals surface area contributed by atoms with Crippen molar-refractivity contribution in [3.8, 4) is 11.5 Å². The van der Waals surface area contributed by atoms with Crippen molar-refractivity contribution in [2.24, 2.45) is 0 Å². The molecule has 2 aliphatic rings. The summed E-state index contributed by atoms with van der Waals surface area (Å²) in [5.41, 5.74) is 2.16. The van der Waals surface area contributed by atoms with E-state index in [-0.39, 0.29) is 31.0 Å². The van der Waals surface area contributed by atoms with Crippen LogP contribution in [-0.4, -0.2) is 56.8 Å². The number of aryl methyl sites for hydroxylation is 1. The predicted octanol–water partition coefficient (Wildman–Crippen LogP) is 3.36. The summed E-state index contributed by atoms with van der Waals surface area (Å²) in [7, 11) is -3.82. The lowest BCUT2D eigenvalue weighted by molar-refractivity contribution is -0.139. The Morgan fingerprint density at radius 3 is 2.46 bits per heavy atom. The van der Waals surface area contributed by atoms with Gasteiger partial charge in [-0.2, -0.15) is 0 Å². The number of hydrogen-bond donors (Lipinski definition) is 1. The molecule has 1 saturated carbocycles. The smallest absolute Gasteiger partial charge is 0.244 e. The Bertz CT molecular complexity index is 1240. The van der Waals surface area contributed by atoms with Crippen molar-refractivity contribution in [3.05, 3.63) is 53.6 Å². The van der Waals surface area contributed by atoms with E-state index in [1.54, 1.807) is 25.1 Å². The van der Waals surface area contributed by atoms with Crippen molar-refractivity contribution in [1.82, 2.24) is 10.2 Å². The zero-order chi connectivity index (χ0) is 26.6. The molecule has 1 aliphatic carbocycles. The first-order chi connectivity index (χ1) is 17.6. The first kappa shape index (κ1) is 26.8. The van der Waals surface area contributed by atoms with Crippen LogP contribution in [0.3, 0.4) is 0 Å². The highest BCUT2D eigenvalue weighted by Crippen LogP contribution is 2.36. The van der Waals surface area contributed by atoms with Crippen LogP contribution >= 0.6 is 0 Å². The Balaban J connectivity index is 1.59. The van der Waals surface area contributed by atoms with Gasteiger partial charge in [0.1, 0.15) is 12.6 Å². The summed E-state index contributed by atoms with van der Waals surface area (Å²) in [5, 5.41) is 3.10. The molecule has 2 aromatic carbocycles. The molecule has 37 heavy (non-hydrogen) atoms. The fourth-order valence-corrected chi connectivity index (χ4v) is 5.62. The number of sulfonamides is 1. The summed E-state index contributed by atoms with van der Waals surface area (Å²) >= 11 is 0. The molecule has 0 bridgehead atoms. The summed E-state index contributed by atoms with van der Waals surface area (Å²) < 4.78 is 37.3. The fraction of sp³-hybridized carbons (Fsp3) is 0.481. The molecule has 9 nitrogen and oxygen atoms in total. The summed E-state index contributed by atoms with van der Waals surface area (Å²) in [6, 6.07) is 11.7. The van der Waals surface area contributed by atoms with E-state index in [9.17, 15) is 18.0 Å². The van der Waals surface area contributed by atoms with Gasteiger partial charge in [0, 0.05) is 18.7 Å². The number of rotatable bonds is 9. The van der Waals surface area contributed by atoms with Crippen molar-refractivity contribution < 1.29 is 27.5 Å². The average Bonchev–Trinajstić information content (AvgIpc) is 3.34. The van der Waals surface area contributed by atoms with E-state index in [0.717, 1.165) is 47.4 Å². The predicted molar refractivity (Wildman–Crippen MR) is 141 cm³/mol. The molecule has 1 aliphatic heterocycles. The Labute approximate surface area is 218 Å². The highest BCUT2D eigenvalue weighted by atomic mass is 32.2. The van der Waals surface area contributed by atoms with Gasteiger partial charge in [-0.3, -0.25) is 13.9 Å². The molecule has 2 amide bonds. The monoisotopic (exact) mass is 529 g/mol. The van der Waals surface area contributed by atoms with E-state index in [1.165, 1.54) is 11.3 Å². The number of nitrogens with zero attached hydrogens (tertiary/aromatic N) is 2. The van der Waals surface area contributed by atoms with E-state index in [4.69, 9.17) is 9.47 Å².